The molecule has 0 heterocycles. The van der Waals surface area contributed by atoms with E-state index >= 15 is 0 Å². The van der Waals surface area contributed by atoms with Gasteiger partial charge in [-0.25, -0.2) is 0 Å². The molecule has 1 N–H and O–H groups in total. The molecule has 3 heteroatoms. The van der Waals surface area contributed by atoms with Gasteiger partial charge in [0.1, 0.15) is 5.75 Å². The number of nitrogens with one attached hydrogen (secondary N) is 1. The van der Waals surface area contributed by atoms with Gasteiger partial charge in [0.2, 0.25) is 0 Å². The fourth-order valence-corrected chi connectivity index (χ4v) is 2.25. The van der Waals surface area contributed by atoms with Crippen molar-refractivity contribution in [2.24, 2.45) is 0 Å². The third-order valence-electron chi connectivity index (χ3n) is 3.62. The fraction of sp³-hybridized carbons (Fsp3) is 0.647. The van der Waals surface area contributed by atoms with Gasteiger partial charge < -0.3 is 15.0 Å². The molecule has 20 heavy (non-hydrogen) atoms. The molecule has 0 radical (unpaired) electrons. The Morgan fingerprint density at radius 1 is 1.25 bits per heavy atom. The predicted molar refractivity (Wildman–Crippen MR) is 84.3 cm³/mol. The van der Waals surface area contributed by atoms with E-state index in [1.54, 1.807) is 0 Å². The lowest BCUT2D eigenvalue weighted by atomic mass is 10.0. The van der Waals surface area contributed by atoms with Gasteiger partial charge in [0.15, 0.2) is 0 Å². The highest BCUT2D eigenvalue weighted by molar-refractivity contribution is 5.29. The molecule has 112 valence electrons. The summed E-state index contributed by atoms with van der Waals surface area (Å²) >= 11 is 0. The van der Waals surface area contributed by atoms with Crippen LogP contribution in [-0.2, 0) is 0 Å². The van der Waals surface area contributed by atoms with E-state index in [0.717, 1.165) is 25.3 Å². The predicted octanol–water partition coefficient (Wildman–Crippen LogP) is 3.22. The number of hydrogen-bond acceptors (Lipinski definition) is 3. The van der Waals surface area contributed by atoms with Crippen LogP contribution in [0.1, 0.15) is 44.2 Å². The zero-order chi connectivity index (χ0) is 14.4. The van der Waals surface area contributed by atoms with E-state index in [-0.39, 0.29) is 0 Å². The minimum atomic E-state index is 0.437. The van der Waals surface area contributed by atoms with Crippen LogP contribution in [-0.4, -0.2) is 38.2 Å². The van der Waals surface area contributed by atoms with E-state index in [9.17, 15) is 0 Å². The van der Waals surface area contributed by atoms with Gasteiger partial charge in [0.05, 0.1) is 6.10 Å². The molecule has 1 saturated carbocycles. The Morgan fingerprint density at radius 2 is 1.95 bits per heavy atom. The maximum Gasteiger partial charge on any atom is 0.119 e. The summed E-state index contributed by atoms with van der Waals surface area (Å²) in [5, 5.41) is 3.65. The van der Waals surface area contributed by atoms with Crippen molar-refractivity contribution in [2.75, 3.05) is 27.2 Å². The Labute approximate surface area is 123 Å². The second kappa shape index (κ2) is 7.65. The van der Waals surface area contributed by atoms with E-state index in [2.05, 4.69) is 55.5 Å². The molecule has 1 aromatic carbocycles. The monoisotopic (exact) mass is 276 g/mol. The Balaban J connectivity index is 1.94. The third-order valence-corrected chi connectivity index (χ3v) is 3.62. The van der Waals surface area contributed by atoms with Crippen molar-refractivity contribution in [2.45, 2.75) is 44.8 Å². The molecule has 1 fully saturated rings. The molecule has 0 amide bonds. The minimum Gasteiger partial charge on any atom is -0.490 e. The molecule has 1 unspecified atom stereocenters. The Morgan fingerprint density at radius 3 is 2.50 bits per heavy atom. The topological polar surface area (TPSA) is 24.5 Å². The van der Waals surface area contributed by atoms with Crippen LogP contribution in [0.15, 0.2) is 24.3 Å². The lowest BCUT2D eigenvalue weighted by Crippen LogP contribution is -2.26. The Kier molecular flexibility index (Phi) is 5.86. The molecule has 0 saturated heterocycles. The normalized spacial score (nSPS) is 16.4. The maximum absolute atomic E-state index is 5.81. The fourth-order valence-electron chi connectivity index (χ4n) is 2.25. The second-order valence-electron chi connectivity index (χ2n) is 5.98. The van der Waals surface area contributed by atoms with Crippen molar-refractivity contribution in [1.29, 1.82) is 0 Å². The zero-order valence-electron chi connectivity index (χ0n) is 13.1. The van der Waals surface area contributed by atoms with Gasteiger partial charge in [-0.1, -0.05) is 19.1 Å². The standard InChI is InChI=1S/C17H28N2O/c1-4-12-18-17(11-13-19(2)3)14-5-7-15(8-6-14)20-16-9-10-16/h5-8,16-18H,4,9-13H2,1-3H3. The molecule has 0 bridgehead atoms. The summed E-state index contributed by atoms with van der Waals surface area (Å²) in [6.07, 6.45) is 5.21. The molecule has 1 aliphatic carbocycles. The highest BCUT2D eigenvalue weighted by Gasteiger charge is 2.23. The SMILES string of the molecule is CCCNC(CCN(C)C)c1ccc(OC2CC2)cc1. The number of nitrogens with zero attached hydrogens (tertiary/aromatic N) is 1. The highest BCUT2D eigenvalue weighted by atomic mass is 16.5. The van der Waals surface area contributed by atoms with E-state index in [0.29, 0.717) is 12.1 Å². The number of ether oxygens (including phenoxy) is 1. The van der Waals surface area contributed by atoms with Gasteiger partial charge in [-0.2, -0.15) is 0 Å². The summed E-state index contributed by atoms with van der Waals surface area (Å²) in [5.41, 5.74) is 1.36. The first-order chi connectivity index (χ1) is 9.69. The smallest absolute Gasteiger partial charge is 0.119 e. The maximum atomic E-state index is 5.81. The lowest BCUT2D eigenvalue weighted by Gasteiger charge is -2.21. The Bertz CT molecular complexity index is 384. The largest absolute Gasteiger partial charge is 0.490 e. The summed E-state index contributed by atoms with van der Waals surface area (Å²) in [4.78, 5) is 2.24. The first kappa shape index (κ1) is 15.3. The zero-order valence-corrected chi connectivity index (χ0v) is 13.1. The molecule has 1 aromatic rings. The third kappa shape index (κ3) is 5.14. The molecule has 1 aliphatic rings. The van der Waals surface area contributed by atoms with Gasteiger partial charge >= 0.3 is 0 Å². The van der Waals surface area contributed by atoms with Crippen LogP contribution in [0.2, 0.25) is 0 Å². The molecule has 1 atom stereocenters. The molecular formula is C17H28N2O. The van der Waals surface area contributed by atoms with Gasteiger partial charge in [-0.3, -0.25) is 0 Å². The molecule has 0 aliphatic heterocycles. The Hall–Kier alpha value is -1.06. The van der Waals surface area contributed by atoms with Crippen LogP contribution in [0.4, 0.5) is 0 Å². The average molecular weight is 276 g/mol. The lowest BCUT2D eigenvalue weighted by molar-refractivity contribution is 0.303. The van der Waals surface area contributed by atoms with Crippen LogP contribution >= 0.6 is 0 Å². The number of hydrogen-bond donors (Lipinski definition) is 1. The van der Waals surface area contributed by atoms with Crippen molar-refractivity contribution in [3.63, 3.8) is 0 Å². The van der Waals surface area contributed by atoms with Crippen molar-refractivity contribution >= 4 is 0 Å². The summed E-state index contributed by atoms with van der Waals surface area (Å²) < 4.78 is 5.81. The van der Waals surface area contributed by atoms with Crippen LogP contribution in [0.3, 0.4) is 0 Å². The summed E-state index contributed by atoms with van der Waals surface area (Å²) in [6, 6.07) is 9.09. The van der Waals surface area contributed by atoms with E-state index in [1.807, 2.05) is 0 Å². The molecule has 0 spiro atoms. The van der Waals surface area contributed by atoms with Crippen LogP contribution in [0.25, 0.3) is 0 Å². The molecule has 2 rings (SSSR count). The summed E-state index contributed by atoms with van der Waals surface area (Å²) in [5.74, 6) is 1.01. The van der Waals surface area contributed by atoms with Gasteiger partial charge in [0.25, 0.3) is 0 Å². The van der Waals surface area contributed by atoms with Gasteiger partial charge in [0, 0.05) is 6.04 Å². The minimum absolute atomic E-state index is 0.437. The van der Waals surface area contributed by atoms with Crippen molar-refractivity contribution in [1.82, 2.24) is 10.2 Å². The van der Waals surface area contributed by atoms with Gasteiger partial charge in [-0.15, -0.1) is 0 Å². The van der Waals surface area contributed by atoms with Crippen LogP contribution in [0.5, 0.6) is 5.75 Å². The van der Waals surface area contributed by atoms with Crippen molar-refractivity contribution in [3.8, 4) is 5.75 Å². The number of benzene rings is 1. The first-order valence-electron chi connectivity index (χ1n) is 7.83. The second-order valence-corrected chi connectivity index (χ2v) is 5.98. The summed E-state index contributed by atoms with van der Waals surface area (Å²) in [7, 11) is 4.26. The first-order valence-corrected chi connectivity index (χ1v) is 7.83. The molecule has 0 aromatic heterocycles. The van der Waals surface area contributed by atoms with Crippen molar-refractivity contribution < 1.29 is 4.74 Å². The van der Waals surface area contributed by atoms with E-state index in [1.165, 1.54) is 24.8 Å². The average Bonchev–Trinajstić information content (AvgIpc) is 3.24. The quantitative estimate of drug-likeness (QED) is 0.749. The van der Waals surface area contributed by atoms with Crippen LogP contribution in [0, 0.1) is 0 Å². The highest BCUT2D eigenvalue weighted by Crippen LogP contribution is 2.28. The molecule has 3 nitrogen and oxygen atoms in total. The molecular weight excluding hydrogens is 248 g/mol. The van der Waals surface area contributed by atoms with Gasteiger partial charge in [-0.05, 0) is 70.6 Å². The van der Waals surface area contributed by atoms with E-state index in [4.69, 9.17) is 4.74 Å². The summed E-state index contributed by atoms with van der Waals surface area (Å²) in [6.45, 7) is 4.38. The van der Waals surface area contributed by atoms with Crippen LogP contribution < -0.4 is 10.1 Å². The number of rotatable bonds is 9. The van der Waals surface area contributed by atoms with Crippen molar-refractivity contribution in [3.05, 3.63) is 29.8 Å². The van der Waals surface area contributed by atoms with E-state index < -0.39 is 0 Å².